The van der Waals surface area contributed by atoms with Crippen molar-refractivity contribution in [2.45, 2.75) is 38.3 Å². The lowest BCUT2D eigenvalue weighted by Gasteiger charge is -2.40. The molecule has 1 heterocycles. The van der Waals surface area contributed by atoms with E-state index in [2.05, 4.69) is 12.1 Å². The first-order chi connectivity index (χ1) is 11.7. The van der Waals surface area contributed by atoms with E-state index in [9.17, 15) is 4.39 Å². The molecule has 0 N–H and O–H groups in total. The van der Waals surface area contributed by atoms with Gasteiger partial charge in [-0.15, -0.1) is 0 Å². The Morgan fingerprint density at radius 1 is 1.04 bits per heavy atom. The Hall–Kier alpha value is -1.75. The number of halogens is 1. The molecule has 0 saturated carbocycles. The van der Waals surface area contributed by atoms with E-state index in [1.807, 2.05) is 31.2 Å². The van der Waals surface area contributed by atoms with Gasteiger partial charge >= 0.3 is 0 Å². The number of hydrogen-bond donors (Lipinski definition) is 0. The molecule has 4 heteroatoms. The zero-order chi connectivity index (χ0) is 16.8. The van der Waals surface area contributed by atoms with Gasteiger partial charge in [0.1, 0.15) is 11.4 Å². The fourth-order valence-corrected chi connectivity index (χ4v) is 2.87. The van der Waals surface area contributed by atoms with Crippen LogP contribution in [0.15, 0.2) is 54.6 Å². The van der Waals surface area contributed by atoms with E-state index in [0.717, 1.165) is 12.0 Å². The summed E-state index contributed by atoms with van der Waals surface area (Å²) >= 11 is 0. The largest absolute Gasteiger partial charge is 0.365 e. The van der Waals surface area contributed by atoms with Crippen molar-refractivity contribution in [3.05, 3.63) is 71.5 Å². The fourth-order valence-electron chi connectivity index (χ4n) is 2.87. The molecule has 24 heavy (non-hydrogen) atoms. The number of rotatable bonds is 6. The van der Waals surface area contributed by atoms with Crippen molar-refractivity contribution >= 4 is 0 Å². The first-order valence-electron chi connectivity index (χ1n) is 8.35. The predicted octanol–water partition coefficient (Wildman–Crippen LogP) is 4.11. The van der Waals surface area contributed by atoms with Crippen LogP contribution in [-0.4, -0.2) is 25.1 Å². The van der Waals surface area contributed by atoms with Gasteiger partial charge < -0.3 is 14.2 Å². The molecule has 0 aromatic heterocycles. The van der Waals surface area contributed by atoms with Crippen molar-refractivity contribution in [1.29, 1.82) is 0 Å². The van der Waals surface area contributed by atoms with Crippen molar-refractivity contribution in [1.82, 2.24) is 0 Å². The Morgan fingerprint density at radius 2 is 1.71 bits per heavy atom. The molecular weight excluding hydrogens is 307 g/mol. The van der Waals surface area contributed by atoms with Crippen LogP contribution in [0.5, 0.6) is 0 Å². The van der Waals surface area contributed by atoms with Gasteiger partial charge in [0.2, 0.25) is 0 Å². The highest BCUT2D eigenvalue weighted by Crippen LogP contribution is 2.27. The van der Waals surface area contributed by atoms with E-state index >= 15 is 0 Å². The summed E-state index contributed by atoms with van der Waals surface area (Å²) < 4.78 is 31.6. The quantitative estimate of drug-likeness (QED) is 0.798. The van der Waals surface area contributed by atoms with Crippen LogP contribution in [0.25, 0.3) is 0 Å². The van der Waals surface area contributed by atoms with E-state index in [1.165, 1.54) is 6.07 Å². The van der Waals surface area contributed by atoms with E-state index in [4.69, 9.17) is 14.2 Å². The summed E-state index contributed by atoms with van der Waals surface area (Å²) in [5.74, 6) is -0.253. The first kappa shape index (κ1) is 17.1. The maximum atomic E-state index is 13.9. The van der Waals surface area contributed by atoms with Gasteiger partial charge in [0.25, 0.3) is 0 Å². The molecule has 2 aromatic carbocycles. The summed E-state index contributed by atoms with van der Waals surface area (Å²) in [5.41, 5.74) is 1.09. The molecular formula is C20H23FO3. The minimum atomic E-state index is -0.602. The lowest BCUT2D eigenvalue weighted by atomic mass is 9.95. The van der Waals surface area contributed by atoms with Gasteiger partial charge in [0.05, 0.1) is 19.8 Å². The normalized spacial score (nSPS) is 24.0. The third-order valence-corrected chi connectivity index (χ3v) is 4.26. The zero-order valence-electron chi connectivity index (χ0n) is 13.9. The van der Waals surface area contributed by atoms with Crippen molar-refractivity contribution in [2.24, 2.45) is 0 Å². The predicted molar refractivity (Wildman–Crippen MR) is 90.0 cm³/mol. The molecule has 1 aliphatic heterocycles. The molecule has 3 nitrogen and oxygen atoms in total. The summed E-state index contributed by atoms with van der Waals surface area (Å²) in [6.07, 6.45) is 1.28. The van der Waals surface area contributed by atoms with Crippen LogP contribution in [0.4, 0.5) is 4.39 Å². The summed E-state index contributed by atoms with van der Waals surface area (Å²) in [5, 5.41) is 0. The van der Waals surface area contributed by atoms with Gasteiger partial charge in [-0.25, -0.2) is 4.39 Å². The van der Waals surface area contributed by atoms with Gasteiger partial charge in [0.15, 0.2) is 6.29 Å². The number of benzene rings is 2. The van der Waals surface area contributed by atoms with E-state index < -0.39 is 5.60 Å². The lowest BCUT2D eigenvalue weighted by Crippen LogP contribution is -2.50. The Bertz CT molecular complexity index is 636. The van der Waals surface area contributed by atoms with Crippen LogP contribution in [0.3, 0.4) is 0 Å². The molecule has 1 fully saturated rings. The molecule has 0 amide bonds. The van der Waals surface area contributed by atoms with E-state index in [1.54, 1.807) is 12.1 Å². The lowest BCUT2D eigenvalue weighted by molar-refractivity contribution is -0.268. The second kappa shape index (κ2) is 7.88. The Kier molecular flexibility index (Phi) is 5.61. The van der Waals surface area contributed by atoms with Gasteiger partial charge in [-0.3, -0.25) is 0 Å². The molecule has 0 spiro atoms. The van der Waals surface area contributed by atoms with E-state index in [-0.39, 0.29) is 18.7 Å². The minimum absolute atomic E-state index is 0.189. The highest BCUT2D eigenvalue weighted by molar-refractivity contribution is 5.19. The molecule has 1 aliphatic rings. The third kappa shape index (κ3) is 4.20. The molecule has 1 saturated heterocycles. The summed E-state index contributed by atoms with van der Waals surface area (Å²) in [6.45, 7) is 3.10. The smallest absolute Gasteiger partial charge is 0.157 e. The monoisotopic (exact) mass is 330 g/mol. The molecule has 0 aliphatic carbocycles. The van der Waals surface area contributed by atoms with Crippen molar-refractivity contribution in [2.75, 3.05) is 13.2 Å². The Labute approximate surface area is 142 Å². The standard InChI is InChI=1S/C20H23FO3/c1-2-19-22-14-20(15-23-19,12-16-8-4-3-5-9-16)24-13-17-10-6-7-11-18(17)21/h3-11,19H,2,12-15H2,1H3. The number of hydrogen-bond acceptors (Lipinski definition) is 3. The second-order valence-corrected chi connectivity index (χ2v) is 6.19. The highest BCUT2D eigenvalue weighted by Gasteiger charge is 2.38. The van der Waals surface area contributed by atoms with Gasteiger partial charge in [-0.2, -0.15) is 0 Å². The molecule has 0 unspecified atom stereocenters. The van der Waals surface area contributed by atoms with Gasteiger partial charge in [0, 0.05) is 12.0 Å². The Balaban J connectivity index is 1.73. The third-order valence-electron chi connectivity index (χ3n) is 4.26. The average molecular weight is 330 g/mol. The fraction of sp³-hybridized carbons (Fsp3) is 0.400. The van der Waals surface area contributed by atoms with Crippen LogP contribution < -0.4 is 0 Å². The second-order valence-electron chi connectivity index (χ2n) is 6.19. The SMILES string of the molecule is CCC1OCC(Cc2ccccc2)(OCc2ccccc2F)CO1. The van der Waals surface area contributed by atoms with Crippen LogP contribution in [-0.2, 0) is 27.2 Å². The number of ether oxygens (including phenoxy) is 3. The Morgan fingerprint density at radius 3 is 2.38 bits per heavy atom. The highest BCUT2D eigenvalue weighted by atomic mass is 19.1. The van der Waals surface area contributed by atoms with Crippen molar-refractivity contribution in [3.63, 3.8) is 0 Å². The summed E-state index contributed by atoms with van der Waals surface area (Å²) in [4.78, 5) is 0. The minimum Gasteiger partial charge on any atom is -0.365 e. The van der Waals surface area contributed by atoms with Gasteiger partial charge in [-0.05, 0) is 18.1 Å². The molecule has 0 radical (unpaired) electrons. The molecule has 0 atom stereocenters. The van der Waals surface area contributed by atoms with Crippen LogP contribution in [0.2, 0.25) is 0 Å². The van der Waals surface area contributed by atoms with Gasteiger partial charge in [-0.1, -0.05) is 55.5 Å². The van der Waals surface area contributed by atoms with E-state index in [0.29, 0.717) is 25.2 Å². The van der Waals surface area contributed by atoms with Crippen LogP contribution >= 0.6 is 0 Å². The topological polar surface area (TPSA) is 27.7 Å². The van der Waals surface area contributed by atoms with Crippen LogP contribution in [0.1, 0.15) is 24.5 Å². The zero-order valence-corrected chi connectivity index (χ0v) is 13.9. The summed E-state index contributed by atoms with van der Waals surface area (Å²) in [6, 6.07) is 16.8. The van der Waals surface area contributed by atoms with Crippen LogP contribution in [0, 0.1) is 5.82 Å². The molecule has 128 valence electrons. The first-order valence-corrected chi connectivity index (χ1v) is 8.35. The molecule has 2 aromatic rings. The molecule has 0 bridgehead atoms. The summed E-state index contributed by atoms with van der Waals surface area (Å²) in [7, 11) is 0. The van der Waals surface area contributed by atoms with Crippen molar-refractivity contribution < 1.29 is 18.6 Å². The average Bonchev–Trinajstić information content (AvgIpc) is 2.63. The van der Waals surface area contributed by atoms with Crippen molar-refractivity contribution in [3.8, 4) is 0 Å². The maximum absolute atomic E-state index is 13.9. The molecule has 3 rings (SSSR count). The maximum Gasteiger partial charge on any atom is 0.157 e.